The van der Waals surface area contributed by atoms with Gasteiger partial charge in [0.2, 0.25) is 0 Å². The smallest absolute Gasteiger partial charge is 0.442 e. The lowest BCUT2D eigenvalue weighted by Gasteiger charge is -2.21. The van der Waals surface area contributed by atoms with E-state index in [9.17, 15) is 23.4 Å². The highest BCUT2D eigenvalue weighted by molar-refractivity contribution is 7.93. The average molecular weight is 615 g/mol. The largest absolute Gasteiger partial charge is 0.444 e. The SMILES string of the molecule is CC(C)(C)OC(=O)N=S(C)(=O)c1ccc(C(=O)Nc2cc(-c3ccc(C(N)=O)s3)ccc2NC(=O)OC(C)(C)C)cc1. The maximum absolute atomic E-state index is 13.2. The molecule has 4 amide bonds. The highest BCUT2D eigenvalue weighted by Gasteiger charge is 2.21. The van der Waals surface area contributed by atoms with Crippen molar-refractivity contribution in [3.8, 4) is 10.4 Å². The van der Waals surface area contributed by atoms with Crippen molar-refractivity contribution in [1.82, 2.24) is 0 Å². The number of amides is 4. The van der Waals surface area contributed by atoms with E-state index in [0.717, 1.165) is 4.88 Å². The number of thiophene rings is 1. The van der Waals surface area contributed by atoms with E-state index in [1.807, 2.05) is 0 Å². The monoisotopic (exact) mass is 614 g/mol. The van der Waals surface area contributed by atoms with Crippen LogP contribution in [0.3, 0.4) is 0 Å². The van der Waals surface area contributed by atoms with Crippen molar-refractivity contribution >= 4 is 56.4 Å². The number of benzene rings is 2. The molecule has 4 N–H and O–H groups in total. The Hall–Kier alpha value is -4.23. The van der Waals surface area contributed by atoms with Gasteiger partial charge in [0.1, 0.15) is 11.2 Å². The first-order chi connectivity index (χ1) is 19.3. The summed E-state index contributed by atoms with van der Waals surface area (Å²) in [6.45, 7) is 10.2. The molecule has 1 atom stereocenters. The summed E-state index contributed by atoms with van der Waals surface area (Å²) in [5, 5.41) is 5.43. The lowest BCUT2D eigenvalue weighted by Crippen LogP contribution is -2.27. The van der Waals surface area contributed by atoms with Crippen molar-refractivity contribution in [3.63, 3.8) is 0 Å². The van der Waals surface area contributed by atoms with E-state index in [1.165, 1.54) is 41.9 Å². The molecule has 13 heteroatoms. The zero-order valence-electron chi connectivity index (χ0n) is 24.4. The molecule has 0 saturated heterocycles. The molecule has 1 heterocycles. The van der Waals surface area contributed by atoms with Gasteiger partial charge < -0.3 is 20.5 Å². The highest BCUT2D eigenvalue weighted by Crippen LogP contribution is 2.34. The van der Waals surface area contributed by atoms with Crippen LogP contribution in [0.15, 0.2) is 63.9 Å². The molecule has 1 aromatic heterocycles. The first-order valence-electron chi connectivity index (χ1n) is 12.7. The molecule has 0 radical (unpaired) electrons. The number of carbonyl (C=O) groups is 4. The fourth-order valence-electron chi connectivity index (χ4n) is 3.48. The van der Waals surface area contributed by atoms with Crippen LogP contribution in [0.25, 0.3) is 10.4 Å². The molecule has 0 bridgehead atoms. The summed E-state index contributed by atoms with van der Waals surface area (Å²) >= 11 is 1.19. The van der Waals surface area contributed by atoms with E-state index >= 15 is 0 Å². The van der Waals surface area contributed by atoms with Crippen molar-refractivity contribution in [2.75, 3.05) is 16.9 Å². The molecule has 0 aliphatic heterocycles. The Morgan fingerprint density at radius 2 is 1.45 bits per heavy atom. The summed E-state index contributed by atoms with van der Waals surface area (Å²) in [5.41, 5.74) is 5.27. The van der Waals surface area contributed by atoms with Crippen LogP contribution in [-0.2, 0) is 19.2 Å². The van der Waals surface area contributed by atoms with Gasteiger partial charge in [-0.3, -0.25) is 14.9 Å². The topological polar surface area (TPSA) is 166 Å². The van der Waals surface area contributed by atoms with Crippen LogP contribution in [0.5, 0.6) is 0 Å². The van der Waals surface area contributed by atoms with Gasteiger partial charge in [-0.2, -0.15) is 0 Å². The van der Waals surface area contributed by atoms with Gasteiger partial charge in [0.25, 0.3) is 11.8 Å². The maximum Gasteiger partial charge on any atom is 0.442 e. The third-order valence-corrected chi connectivity index (χ3v) is 8.03. The van der Waals surface area contributed by atoms with Gasteiger partial charge in [-0.25, -0.2) is 13.8 Å². The van der Waals surface area contributed by atoms with Gasteiger partial charge in [0, 0.05) is 21.6 Å². The molecule has 3 aromatic rings. The number of anilines is 2. The summed E-state index contributed by atoms with van der Waals surface area (Å²) in [5.74, 6) is -1.08. The minimum Gasteiger partial charge on any atom is -0.444 e. The van der Waals surface area contributed by atoms with Gasteiger partial charge in [0.15, 0.2) is 0 Å². The molecule has 224 valence electrons. The lowest BCUT2D eigenvalue weighted by atomic mass is 10.1. The quantitative estimate of drug-likeness (QED) is 0.285. The average Bonchev–Trinajstić information content (AvgIpc) is 3.33. The molecular formula is C29H34N4O7S2. The summed E-state index contributed by atoms with van der Waals surface area (Å²) in [6.07, 6.45) is -0.357. The first kappa shape index (κ1) is 32.3. The second kappa shape index (κ2) is 12.3. The normalized spacial score (nSPS) is 12.9. The second-order valence-corrected chi connectivity index (χ2v) is 14.6. The summed E-state index contributed by atoms with van der Waals surface area (Å²) in [7, 11) is -3.13. The van der Waals surface area contributed by atoms with E-state index in [1.54, 1.807) is 71.9 Å². The number of primary amides is 1. The zero-order valence-corrected chi connectivity index (χ0v) is 26.0. The minimum absolute atomic E-state index is 0.215. The Morgan fingerprint density at radius 1 is 0.833 bits per heavy atom. The van der Waals surface area contributed by atoms with Gasteiger partial charge >= 0.3 is 12.2 Å². The van der Waals surface area contributed by atoms with Crippen LogP contribution in [-0.4, -0.2) is 45.7 Å². The van der Waals surface area contributed by atoms with Crippen LogP contribution >= 0.6 is 11.3 Å². The van der Waals surface area contributed by atoms with Crippen molar-refractivity contribution < 1.29 is 32.9 Å². The molecule has 0 fully saturated rings. The number of nitrogens with two attached hydrogens (primary N) is 1. The molecular weight excluding hydrogens is 580 g/mol. The predicted octanol–water partition coefficient (Wildman–Crippen LogP) is 6.51. The number of ether oxygens (including phenoxy) is 2. The molecule has 0 aliphatic rings. The minimum atomic E-state index is -3.13. The Morgan fingerprint density at radius 3 is 2.00 bits per heavy atom. The maximum atomic E-state index is 13.2. The molecule has 0 aliphatic carbocycles. The van der Waals surface area contributed by atoms with Crippen LogP contribution in [0.2, 0.25) is 0 Å². The van der Waals surface area contributed by atoms with E-state index in [0.29, 0.717) is 10.4 Å². The second-order valence-electron chi connectivity index (χ2n) is 11.3. The van der Waals surface area contributed by atoms with Crippen LogP contribution in [0.1, 0.15) is 61.6 Å². The summed E-state index contributed by atoms with van der Waals surface area (Å²) in [4.78, 5) is 50.7. The third-order valence-electron chi connectivity index (χ3n) is 5.23. The Balaban J connectivity index is 1.90. The molecule has 3 rings (SSSR count). The fourth-order valence-corrected chi connectivity index (χ4v) is 5.40. The van der Waals surface area contributed by atoms with Crippen molar-refractivity contribution in [2.24, 2.45) is 10.1 Å². The van der Waals surface area contributed by atoms with Crippen molar-refractivity contribution in [2.45, 2.75) is 57.6 Å². The molecule has 0 saturated carbocycles. The van der Waals surface area contributed by atoms with E-state index in [-0.39, 0.29) is 21.8 Å². The van der Waals surface area contributed by atoms with Gasteiger partial charge in [0.05, 0.1) is 26.0 Å². The number of nitrogens with one attached hydrogen (secondary N) is 2. The van der Waals surface area contributed by atoms with Crippen molar-refractivity contribution in [3.05, 3.63) is 65.0 Å². The molecule has 11 nitrogen and oxygen atoms in total. The Kier molecular flexibility index (Phi) is 9.48. The van der Waals surface area contributed by atoms with Crippen LogP contribution in [0.4, 0.5) is 21.0 Å². The predicted molar refractivity (Wildman–Crippen MR) is 164 cm³/mol. The number of hydrogen-bond donors (Lipinski definition) is 3. The van der Waals surface area contributed by atoms with Crippen LogP contribution in [0, 0.1) is 0 Å². The molecule has 1 unspecified atom stereocenters. The molecule has 2 aromatic carbocycles. The lowest BCUT2D eigenvalue weighted by molar-refractivity contribution is 0.0603. The number of nitrogens with zero attached hydrogens (tertiary/aromatic N) is 1. The van der Waals surface area contributed by atoms with Crippen LogP contribution < -0.4 is 16.4 Å². The van der Waals surface area contributed by atoms with Gasteiger partial charge in [-0.1, -0.05) is 6.07 Å². The zero-order chi connectivity index (χ0) is 31.5. The number of carbonyl (C=O) groups excluding carboxylic acids is 4. The molecule has 0 spiro atoms. The number of rotatable bonds is 6. The van der Waals surface area contributed by atoms with E-state index < -0.39 is 44.9 Å². The first-order valence-corrected chi connectivity index (χ1v) is 15.5. The summed E-state index contributed by atoms with van der Waals surface area (Å²) < 4.78 is 27.3. The highest BCUT2D eigenvalue weighted by atomic mass is 32.2. The van der Waals surface area contributed by atoms with E-state index in [4.69, 9.17) is 15.2 Å². The van der Waals surface area contributed by atoms with Gasteiger partial charge in [-0.05, 0) is 95.6 Å². The molecule has 42 heavy (non-hydrogen) atoms. The fraction of sp³-hybridized carbons (Fsp3) is 0.310. The standard InChI is InChI=1S/C29H34N4O7S2/c1-28(2,3)39-26(36)32-20-13-10-18(22-14-15-23(41-22)24(30)34)16-21(20)31-25(35)17-8-11-19(12-9-17)42(7,38)33-27(37)40-29(4,5)6/h8-16H,1-7H3,(H2,30,34)(H,31,35)(H,32,36). The van der Waals surface area contributed by atoms with Crippen molar-refractivity contribution in [1.29, 1.82) is 0 Å². The Labute approximate surface area is 249 Å². The summed E-state index contributed by atoms with van der Waals surface area (Å²) in [6, 6.07) is 14.1. The number of hydrogen-bond acceptors (Lipinski definition) is 8. The Bertz CT molecular complexity index is 1640. The third kappa shape index (κ3) is 9.14. The van der Waals surface area contributed by atoms with E-state index in [2.05, 4.69) is 15.0 Å². The van der Waals surface area contributed by atoms with Gasteiger partial charge in [-0.15, -0.1) is 15.7 Å².